The van der Waals surface area contributed by atoms with E-state index in [-0.39, 0.29) is 5.56 Å². The molecule has 1 amide bonds. The summed E-state index contributed by atoms with van der Waals surface area (Å²) in [4.78, 5) is 27.4. The Balaban J connectivity index is 1.37. The Hall–Kier alpha value is -3.79. The van der Waals surface area contributed by atoms with Crippen LogP contribution in [0.3, 0.4) is 0 Å². The van der Waals surface area contributed by atoms with Crippen LogP contribution in [0, 0.1) is 0 Å². The highest BCUT2D eigenvalue weighted by atomic mass is 16.5. The van der Waals surface area contributed by atoms with Crippen molar-refractivity contribution in [3.05, 3.63) is 60.4 Å². The van der Waals surface area contributed by atoms with Crippen molar-refractivity contribution in [2.45, 2.75) is 13.0 Å². The van der Waals surface area contributed by atoms with E-state index >= 15 is 0 Å². The Bertz CT molecular complexity index is 1030. The third-order valence-corrected chi connectivity index (χ3v) is 4.88. The van der Waals surface area contributed by atoms with E-state index in [2.05, 4.69) is 25.7 Å². The first-order valence-electron chi connectivity index (χ1n) is 9.89. The van der Waals surface area contributed by atoms with Gasteiger partial charge < -0.3 is 19.7 Å². The number of ether oxygens (including phenoxy) is 2. The number of esters is 1. The Morgan fingerprint density at radius 1 is 1.10 bits per heavy atom. The Kier molecular flexibility index (Phi) is 6.18. The summed E-state index contributed by atoms with van der Waals surface area (Å²) in [6, 6.07) is 14.3. The predicted molar refractivity (Wildman–Crippen MR) is 112 cm³/mol. The molecule has 1 aliphatic rings. The van der Waals surface area contributed by atoms with Gasteiger partial charge in [0, 0.05) is 24.5 Å². The zero-order valence-corrected chi connectivity index (χ0v) is 17.0. The summed E-state index contributed by atoms with van der Waals surface area (Å²) < 4.78 is 12.1. The van der Waals surface area contributed by atoms with Gasteiger partial charge in [0.2, 0.25) is 0 Å². The molecule has 10 nitrogen and oxygen atoms in total. The monoisotopic (exact) mass is 422 g/mol. The maximum absolute atomic E-state index is 12.6. The first kappa shape index (κ1) is 20.5. The van der Waals surface area contributed by atoms with Crippen LogP contribution in [-0.2, 0) is 14.3 Å². The average molecular weight is 422 g/mol. The van der Waals surface area contributed by atoms with Crippen molar-refractivity contribution in [3.8, 4) is 5.69 Å². The highest BCUT2D eigenvalue weighted by molar-refractivity contribution is 5.98. The smallest absolute Gasteiger partial charge is 0.341 e. The molecule has 1 N–H and O–H groups in total. The molecule has 0 spiro atoms. The number of para-hydroxylation sites is 1. The van der Waals surface area contributed by atoms with E-state index in [1.807, 2.05) is 24.3 Å². The quantitative estimate of drug-likeness (QED) is 0.598. The fraction of sp³-hybridized carbons (Fsp3) is 0.286. The van der Waals surface area contributed by atoms with E-state index in [1.54, 1.807) is 24.3 Å². The normalized spacial score (nSPS) is 14.7. The van der Waals surface area contributed by atoms with Gasteiger partial charge in [0.15, 0.2) is 6.10 Å². The minimum atomic E-state index is -0.992. The molecule has 2 heterocycles. The molecule has 1 aliphatic heterocycles. The van der Waals surface area contributed by atoms with Crippen LogP contribution in [0.25, 0.3) is 5.69 Å². The van der Waals surface area contributed by atoms with Crippen LogP contribution in [-0.4, -0.2) is 64.5 Å². The number of tetrazole rings is 1. The number of morpholine rings is 1. The molecule has 0 radical (unpaired) electrons. The van der Waals surface area contributed by atoms with Gasteiger partial charge in [-0.05, 0) is 53.7 Å². The third-order valence-electron chi connectivity index (χ3n) is 4.88. The maximum Gasteiger partial charge on any atom is 0.341 e. The summed E-state index contributed by atoms with van der Waals surface area (Å²) in [6.07, 6.45) is 0.386. The summed E-state index contributed by atoms with van der Waals surface area (Å²) in [5.41, 5.74) is 2.41. The van der Waals surface area contributed by atoms with Gasteiger partial charge in [-0.15, -0.1) is 5.10 Å². The van der Waals surface area contributed by atoms with E-state index < -0.39 is 18.0 Å². The molecule has 160 valence electrons. The number of amides is 1. The van der Waals surface area contributed by atoms with Crippen LogP contribution in [0.5, 0.6) is 0 Å². The van der Waals surface area contributed by atoms with E-state index in [0.29, 0.717) is 24.6 Å². The molecule has 31 heavy (non-hydrogen) atoms. The lowest BCUT2D eigenvalue weighted by Gasteiger charge is -2.28. The van der Waals surface area contributed by atoms with Crippen LogP contribution in [0.1, 0.15) is 17.3 Å². The first-order valence-corrected chi connectivity index (χ1v) is 9.89. The highest BCUT2D eigenvalue weighted by Crippen LogP contribution is 2.20. The number of hydrogen-bond acceptors (Lipinski definition) is 8. The zero-order chi connectivity index (χ0) is 21.6. The van der Waals surface area contributed by atoms with E-state index in [4.69, 9.17) is 9.47 Å². The standard InChI is InChI=1S/C21H22N6O4/c1-15(31-21(29)18-4-2-3-5-19(18)27-14-22-24-25-27)20(28)23-16-6-8-17(9-7-16)26-10-12-30-13-11-26/h2-9,14-15H,10-13H2,1H3,(H,23,28)/t15-/m0/s1. The van der Waals surface area contributed by atoms with Crippen LogP contribution in [0.4, 0.5) is 11.4 Å². The predicted octanol–water partition coefficient (Wildman–Crippen LogP) is 1.68. The Morgan fingerprint density at radius 2 is 1.84 bits per heavy atom. The topological polar surface area (TPSA) is 111 Å². The lowest BCUT2D eigenvalue weighted by Crippen LogP contribution is -2.36. The lowest BCUT2D eigenvalue weighted by atomic mass is 10.2. The maximum atomic E-state index is 12.6. The molecule has 1 fully saturated rings. The number of nitrogens with one attached hydrogen (secondary N) is 1. The van der Waals surface area contributed by atoms with Crippen LogP contribution < -0.4 is 10.2 Å². The third kappa shape index (κ3) is 4.86. The molecule has 0 bridgehead atoms. The van der Waals surface area contributed by atoms with E-state index in [9.17, 15) is 9.59 Å². The number of anilines is 2. The Morgan fingerprint density at radius 3 is 2.55 bits per heavy atom. The van der Waals surface area contributed by atoms with Gasteiger partial charge in [-0.3, -0.25) is 4.79 Å². The second-order valence-electron chi connectivity index (χ2n) is 6.95. The van der Waals surface area contributed by atoms with Gasteiger partial charge in [0.25, 0.3) is 5.91 Å². The van der Waals surface area contributed by atoms with Crippen molar-refractivity contribution in [1.82, 2.24) is 20.2 Å². The van der Waals surface area contributed by atoms with Gasteiger partial charge in [0.05, 0.1) is 24.5 Å². The van der Waals surface area contributed by atoms with Gasteiger partial charge in [-0.2, -0.15) is 4.68 Å². The van der Waals surface area contributed by atoms with Crippen molar-refractivity contribution in [2.75, 3.05) is 36.5 Å². The van der Waals surface area contributed by atoms with Gasteiger partial charge in [0.1, 0.15) is 6.33 Å². The molecule has 0 aliphatic carbocycles. The number of carbonyl (C=O) groups excluding carboxylic acids is 2. The molecular formula is C21H22N6O4. The number of benzene rings is 2. The highest BCUT2D eigenvalue weighted by Gasteiger charge is 2.22. The van der Waals surface area contributed by atoms with E-state index in [1.165, 1.54) is 17.9 Å². The van der Waals surface area contributed by atoms with Crippen molar-refractivity contribution in [2.24, 2.45) is 0 Å². The zero-order valence-electron chi connectivity index (χ0n) is 17.0. The molecule has 1 aromatic heterocycles. The molecule has 0 unspecified atom stereocenters. The van der Waals surface area contributed by atoms with Gasteiger partial charge >= 0.3 is 5.97 Å². The summed E-state index contributed by atoms with van der Waals surface area (Å²) in [7, 11) is 0. The number of aromatic nitrogens is 4. The minimum Gasteiger partial charge on any atom is -0.449 e. The van der Waals surface area contributed by atoms with Crippen LogP contribution in [0.2, 0.25) is 0 Å². The fourth-order valence-electron chi connectivity index (χ4n) is 3.22. The van der Waals surface area contributed by atoms with Crippen molar-refractivity contribution in [3.63, 3.8) is 0 Å². The molecule has 1 atom stereocenters. The lowest BCUT2D eigenvalue weighted by molar-refractivity contribution is -0.123. The minimum absolute atomic E-state index is 0.254. The largest absolute Gasteiger partial charge is 0.449 e. The molecule has 4 rings (SSSR count). The molecule has 2 aromatic carbocycles. The van der Waals surface area contributed by atoms with Gasteiger partial charge in [-0.1, -0.05) is 12.1 Å². The number of carbonyl (C=O) groups is 2. The summed E-state index contributed by atoms with van der Waals surface area (Å²) in [6.45, 7) is 4.61. The van der Waals surface area contributed by atoms with Crippen LogP contribution >= 0.6 is 0 Å². The molecule has 1 saturated heterocycles. The fourth-order valence-corrected chi connectivity index (χ4v) is 3.22. The average Bonchev–Trinajstić information content (AvgIpc) is 3.35. The summed E-state index contributed by atoms with van der Waals surface area (Å²) >= 11 is 0. The SMILES string of the molecule is C[C@H](OC(=O)c1ccccc1-n1cnnn1)C(=O)Nc1ccc(N2CCOCC2)cc1. The second-order valence-corrected chi connectivity index (χ2v) is 6.95. The van der Waals surface area contributed by atoms with Crippen molar-refractivity contribution < 1.29 is 19.1 Å². The molecule has 10 heteroatoms. The van der Waals surface area contributed by atoms with Crippen molar-refractivity contribution in [1.29, 1.82) is 0 Å². The summed E-state index contributed by atoms with van der Waals surface area (Å²) in [5.74, 6) is -1.07. The molecule has 0 saturated carbocycles. The van der Waals surface area contributed by atoms with E-state index in [0.717, 1.165) is 18.8 Å². The molecular weight excluding hydrogens is 400 g/mol. The summed E-state index contributed by atoms with van der Waals surface area (Å²) in [5, 5.41) is 13.7. The van der Waals surface area contributed by atoms with Gasteiger partial charge in [-0.25, -0.2) is 4.79 Å². The van der Waals surface area contributed by atoms with Crippen molar-refractivity contribution >= 4 is 23.3 Å². The Labute approximate surface area is 178 Å². The number of rotatable bonds is 6. The second kappa shape index (κ2) is 9.35. The number of hydrogen-bond donors (Lipinski definition) is 1. The first-order chi connectivity index (χ1) is 15.1. The molecule has 3 aromatic rings. The van der Waals surface area contributed by atoms with Crippen LogP contribution in [0.15, 0.2) is 54.9 Å². The number of nitrogens with zero attached hydrogens (tertiary/aromatic N) is 5.